The zero-order valence-corrected chi connectivity index (χ0v) is 18.7. The summed E-state index contributed by atoms with van der Waals surface area (Å²) in [7, 11) is 0. The van der Waals surface area contributed by atoms with E-state index in [-0.39, 0.29) is 34.6 Å². The number of amides is 1. The maximum absolute atomic E-state index is 14.4. The number of imidazole rings is 1. The van der Waals surface area contributed by atoms with E-state index in [0.29, 0.717) is 30.7 Å². The van der Waals surface area contributed by atoms with Crippen molar-refractivity contribution in [2.45, 2.75) is 25.8 Å². The number of benzene rings is 2. The van der Waals surface area contributed by atoms with Crippen molar-refractivity contribution >= 4 is 39.4 Å². The average Bonchev–Trinajstić information content (AvgIpc) is 3.22. The minimum Gasteiger partial charge on any atom is -0.450 e. The molecule has 2 aromatic carbocycles. The number of nitrogens with zero attached hydrogens (tertiary/aromatic N) is 2. The van der Waals surface area contributed by atoms with Gasteiger partial charge >= 0.3 is 6.09 Å². The van der Waals surface area contributed by atoms with Crippen LogP contribution in [0.25, 0.3) is 33.3 Å². The van der Waals surface area contributed by atoms with Crippen LogP contribution in [-0.4, -0.2) is 51.7 Å². The number of carbonyl (C=O) groups is 1. The Morgan fingerprint density at radius 2 is 2.03 bits per heavy atom. The number of anilines is 2. The fourth-order valence-corrected chi connectivity index (χ4v) is 4.44. The van der Waals surface area contributed by atoms with Gasteiger partial charge in [0.1, 0.15) is 17.2 Å². The second kappa shape index (κ2) is 8.69. The molecule has 1 fully saturated rings. The number of likely N-dealkylation sites (tertiary alicyclic amines) is 1. The molecule has 176 valence electrons. The number of aromatic nitrogens is 3. The Kier molecular flexibility index (Phi) is 5.56. The molecular weight excluding hydrogens is 439 g/mol. The molecule has 5 N–H and O–H groups in total. The van der Waals surface area contributed by atoms with E-state index in [1.807, 2.05) is 18.2 Å². The molecule has 1 saturated heterocycles. The number of pyridine rings is 1. The number of hydrogen-bond acceptors (Lipinski definition) is 6. The molecule has 0 spiro atoms. The van der Waals surface area contributed by atoms with E-state index in [1.165, 1.54) is 12.1 Å². The molecule has 9 nitrogen and oxygen atoms in total. The number of nitrogen functional groups attached to an aromatic ring is 1. The van der Waals surface area contributed by atoms with E-state index in [2.05, 4.69) is 20.3 Å². The van der Waals surface area contributed by atoms with Crippen LogP contribution in [0.5, 0.6) is 0 Å². The van der Waals surface area contributed by atoms with Crippen molar-refractivity contribution in [1.82, 2.24) is 19.9 Å². The van der Waals surface area contributed by atoms with Crippen LogP contribution in [0.3, 0.4) is 0 Å². The van der Waals surface area contributed by atoms with Crippen LogP contribution in [-0.2, 0) is 4.74 Å². The molecule has 0 bridgehead atoms. The number of hydrogen-bond donors (Lipinski definition) is 4. The van der Waals surface area contributed by atoms with Gasteiger partial charge in [0.25, 0.3) is 5.56 Å². The van der Waals surface area contributed by atoms with Gasteiger partial charge in [-0.3, -0.25) is 4.79 Å². The third-order valence-corrected chi connectivity index (χ3v) is 6.14. The highest BCUT2D eigenvalue weighted by Crippen LogP contribution is 2.30. The molecular formula is C24H25FN6O3. The molecule has 5 rings (SSSR count). The number of nitrogens with one attached hydrogen (secondary N) is 3. The minimum atomic E-state index is -0.510. The number of halogens is 1. The summed E-state index contributed by atoms with van der Waals surface area (Å²) < 4.78 is 19.5. The first-order valence-corrected chi connectivity index (χ1v) is 11.2. The number of H-pyrrole nitrogens is 2. The van der Waals surface area contributed by atoms with Crippen molar-refractivity contribution in [2.24, 2.45) is 0 Å². The minimum absolute atomic E-state index is 0.0441. The highest BCUT2D eigenvalue weighted by Gasteiger charge is 2.24. The SMILES string of the molecule is CCOC(=O)N1CCC(Nc2ccc3nc(-c4c(N)c5c(F)cccc5[nH]c4=O)[nH]c3c2)CC1. The third kappa shape index (κ3) is 3.91. The van der Waals surface area contributed by atoms with E-state index < -0.39 is 11.4 Å². The second-order valence-electron chi connectivity index (χ2n) is 8.33. The molecule has 34 heavy (non-hydrogen) atoms. The van der Waals surface area contributed by atoms with E-state index in [9.17, 15) is 14.0 Å². The monoisotopic (exact) mass is 464 g/mol. The molecule has 4 aromatic rings. The fraction of sp³-hybridized carbons (Fsp3) is 0.292. The maximum Gasteiger partial charge on any atom is 0.409 e. The summed E-state index contributed by atoms with van der Waals surface area (Å²) >= 11 is 0. The van der Waals surface area contributed by atoms with Crippen molar-refractivity contribution in [3.8, 4) is 11.4 Å². The van der Waals surface area contributed by atoms with Crippen LogP contribution in [0.4, 0.5) is 20.6 Å². The van der Waals surface area contributed by atoms with Gasteiger partial charge in [-0.1, -0.05) is 6.07 Å². The lowest BCUT2D eigenvalue weighted by Crippen LogP contribution is -2.42. The van der Waals surface area contributed by atoms with Crippen LogP contribution in [0, 0.1) is 5.82 Å². The number of carbonyl (C=O) groups excluding carboxylic acids is 1. The molecule has 10 heteroatoms. The molecule has 0 atom stereocenters. The lowest BCUT2D eigenvalue weighted by Gasteiger charge is -2.32. The smallest absolute Gasteiger partial charge is 0.409 e. The molecule has 0 unspecified atom stereocenters. The third-order valence-electron chi connectivity index (χ3n) is 6.14. The van der Waals surface area contributed by atoms with Gasteiger partial charge in [-0.05, 0) is 50.1 Å². The lowest BCUT2D eigenvalue weighted by atomic mass is 10.0. The second-order valence-corrected chi connectivity index (χ2v) is 8.33. The van der Waals surface area contributed by atoms with Crippen molar-refractivity contribution in [2.75, 3.05) is 30.7 Å². The summed E-state index contributed by atoms with van der Waals surface area (Å²) in [6.07, 6.45) is 1.34. The van der Waals surface area contributed by atoms with Crippen LogP contribution < -0.4 is 16.6 Å². The molecule has 2 aromatic heterocycles. The average molecular weight is 465 g/mol. The zero-order valence-electron chi connectivity index (χ0n) is 18.7. The lowest BCUT2D eigenvalue weighted by molar-refractivity contribution is 0.0983. The molecule has 1 amide bonds. The largest absolute Gasteiger partial charge is 0.450 e. The normalized spacial score (nSPS) is 14.6. The van der Waals surface area contributed by atoms with Crippen LogP contribution >= 0.6 is 0 Å². The molecule has 0 saturated carbocycles. The molecule has 0 aliphatic carbocycles. The Hall–Kier alpha value is -4.08. The Morgan fingerprint density at radius 1 is 1.24 bits per heavy atom. The maximum atomic E-state index is 14.4. The Bertz CT molecular complexity index is 1440. The molecule has 3 heterocycles. The summed E-state index contributed by atoms with van der Waals surface area (Å²) in [5, 5.41) is 3.66. The summed E-state index contributed by atoms with van der Waals surface area (Å²) in [5.41, 5.74) is 8.52. The van der Waals surface area contributed by atoms with Gasteiger partial charge in [-0.15, -0.1) is 0 Å². The number of nitrogens with two attached hydrogens (primary N) is 1. The van der Waals surface area contributed by atoms with E-state index in [4.69, 9.17) is 10.5 Å². The predicted octanol–water partition coefficient (Wildman–Crippen LogP) is 3.83. The highest BCUT2D eigenvalue weighted by atomic mass is 19.1. The fourth-order valence-electron chi connectivity index (χ4n) is 4.44. The van der Waals surface area contributed by atoms with E-state index in [1.54, 1.807) is 17.9 Å². The van der Waals surface area contributed by atoms with Gasteiger partial charge < -0.3 is 30.7 Å². The Labute approximate surface area is 194 Å². The topological polar surface area (TPSA) is 129 Å². The van der Waals surface area contributed by atoms with Crippen LogP contribution in [0.2, 0.25) is 0 Å². The van der Waals surface area contributed by atoms with E-state index >= 15 is 0 Å². The van der Waals surface area contributed by atoms with Gasteiger partial charge in [0.15, 0.2) is 0 Å². The highest BCUT2D eigenvalue weighted by molar-refractivity contribution is 5.98. The molecule has 1 aliphatic heterocycles. The van der Waals surface area contributed by atoms with Crippen molar-refractivity contribution in [3.05, 3.63) is 52.6 Å². The number of fused-ring (bicyclic) bond motifs is 2. The van der Waals surface area contributed by atoms with Gasteiger partial charge in [-0.2, -0.15) is 0 Å². The number of aromatic amines is 2. The standard InChI is InChI=1S/C24H25FN6O3/c1-2-34-24(33)31-10-8-13(9-11-31)27-14-6-7-16-18(12-14)29-22(28-16)20-21(26)19-15(25)4-3-5-17(19)30-23(20)32/h3-7,12-13,27H,2,8-11H2,1H3,(H,28,29)(H3,26,30,32). The molecule has 1 aliphatic rings. The summed E-state index contributed by atoms with van der Waals surface area (Å²) in [6.45, 7) is 3.43. The first kappa shape index (κ1) is 21.7. The van der Waals surface area contributed by atoms with E-state index in [0.717, 1.165) is 24.0 Å². The summed E-state index contributed by atoms with van der Waals surface area (Å²) in [6, 6.07) is 10.3. The first-order valence-electron chi connectivity index (χ1n) is 11.2. The van der Waals surface area contributed by atoms with Crippen molar-refractivity contribution in [1.29, 1.82) is 0 Å². The Balaban J connectivity index is 1.39. The van der Waals surface area contributed by atoms with Crippen molar-refractivity contribution < 1.29 is 13.9 Å². The quantitative estimate of drug-likeness (QED) is 0.363. The predicted molar refractivity (Wildman–Crippen MR) is 129 cm³/mol. The number of rotatable bonds is 4. The van der Waals surface area contributed by atoms with Gasteiger partial charge in [-0.25, -0.2) is 14.2 Å². The first-order chi connectivity index (χ1) is 16.4. The van der Waals surface area contributed by atoms with Gasteiger partial charge in [0.05, 0.1) is 34.2 Å². The number of ether oxygens (including phenoxy) is 1. The van der Waals surface area contributed by atoms with Crippen LogP contribution in [0.1, 0.15) is 19.8 Å². The van der Waals surface area contributed by atoms with Crippen molar-refractivity contribution in [3.63, 3.8) is 0 Å². The van der Waals surface area contributed by atoms with Gasteiger partial charge in [0, 0.05) is 24.8 Å². The van der Waals surface area contributed by atoms with Crippen LogP contribution in [0.15, 0.2) is 41.2 Å². The molecule has 0 radical (unpaired) electrons. The number of piperidine rings is 1. The zero-order chi connectivity index (χ0) is 23.8. The summed E-state index contributed by atoms with van der Waals surface area (Å²) in [5.74, 6) is -0.233. The van der Waals surface area contributed by atoms with Gasteiger partial charge in [0.2, 0.25) is 0 Å². The Morgan fingerprint density at radius 3 is 2.79 bits per heavy atom. The summed E-state index contributed by atoms with van der Waals surface area (Å²) in [4.78, 5) is 36.7.